The van der Waals surface area contributed by atoms with Crippen molar-refractivity contribution >= 4 is 27.2 Å². The number of nitrogen functional groups attached to an aromatic ring is 2. The molecule has 0 spiro atoms. The molecule has 0 saturated carbocycles. The molecular weight excluding hydrogens is 298 g/mol. The fourth-order valence-corrected chi connectivity index (χ4v) is 2.39. The highest BCUT2D eigenvalue weighted by Gasteiger charge is 2.18. The quantitative estimate of drug-likeness (QED) is 0.338. The number of nitrogens with zero attached hydrogens (tertiary/aromatic N) is 1. The zero-order valence-electron chi connectivity index (χ0n) is 10.6. The van der Waals surface area contributed by atoms with Crippen molar-refractivity contribution < 1.29 is 17.9 Å². The number of hydrogen-bond donors (Lipinski definition) is 3. The number of benzene rings is 2. The van der Waals surface area contributed by atoms with Crippen molar-refractivity contribution in [2.45, 2.75) is 4.90 Å². The Labute approximate surface area is 119 Å². The minimum Gasteiger partial charge on any atom is -0.396 e. The van der Waals surface area contributed by atoms with Gasteiger partial charge in [-0.15, -0.1) is 0 Å². The van der Waals surface area contributed by atoms with Crippen molar-refractivity contribution in [3.05, 3.63) is 46.5 Å². The summed E-state index contributed by atoms with van der Waals surface area (Å²) in [4.78, 5) is 9.79. The summed E-state index contributed by atoms with van der Waals surface area (Å²) in [6.07, 6.45) is 0. The molecule has 21 heavy (non-hydrogen) atoms. The molecule has 2 aromatic rings. The van der Waals surface area contributed by atoms with Crippen LogP contribution in [0.5, 0.6) is 0 Å². The molecule has 0 radical (unpaired) electrons. The lowest BCUT2D eigenvalue weighted by atomic mass is 10.0. The minimum atomic E-state index is -4.36. The van der Waals surface area contributed by atoms with Crippen LogP contribution >= 0.6 is 0 Å². The standard InChI is InChI=1S/C12H11N3O5S/c13-11-9(4-5-10(12(11)14)15(16)17)7-2-1-3-8(6-7)21(18,19)20/h1-6H,13-14H2,(H,18,19,20). The number of nitro benzene ring substituents is 1. The predicted molar refractivity (Wildman–Crippen MR) is 77.2 cm³/mol. The average Bonchev–Trinajstić information content (AvgIpc) is 2.40. The van der Waals surface area contributed by atoms with Crippen LogP contribution in [0.15, 0.2) is 41.3 Å². The summed E-state index contributed by atoms with van der Waals surface area (Å²) < 4.78 is 31.3. The maximum atomic E-state index is 11.1. The van der Waals surface area contributed by atoms with Gasteiger partial charge in [0.25, 0.3) is 15.8 Å². The third-order valence-corrected chi connectivity index (χ3v) is 3.75. The van der Waals surface area contributed by atoms with E-state index in [-0.39, 0.29) is 22.0 Å². The molecule has 0 bridgehead atoms. The molecule has 0 aliphatic carbocycles. The molecule has 0 fully saturated rings. The van der Waals surface area contributed by atoms with E-state index in [0.29, 0.717) is 11.1 Å². The van der Waals surface area contributed by atoms with E-state index in [0.717, 1.165) is 0 Å². The number of nitrogens with two attached hydrogens (primary N) is 2. The van der Waals surface area contributed by atoms with Crippen molar-refractivity contribution in [1.29, 1.82) is 0 Å². The van der Waals surface area contributed by atoms with Crippen molar-refractivity contribution in [3.8, 4) is 11.1 Å². The van der Waals surface area contributed by atoms with Gasteiger partial charge in [-0.25, -0.2) is 0 Å². The van der Waals surface area contributed by atoms with E-state index in [1.165, 1.54) is 30.3 Å². The molecule has 5 N–H and O–H groups in total. The molecule has 0 atom stereocenters. The second kappa shape index (κ2) is 5.04. The van der Waals surface area contributed by atoms with Gasteiger partial charge in [0.05, 0.1) is 15.5 Å². The fraction of sp³-hybridized carbons (Fsp3) is 0. The third kappa shape index (κ3) is 2.78. The highest BCUT2D eigenvalue weighted by Crippen LogP contribution is 2.36. The maximum Gasteiger partial charge on any atom is 0.294 e. The van der Waals surface area contributed by atoms with Gasteiger partial charge in [0.2, 0.25) is 0 Å². The van der Waals surface area contributed by atoms with E-state index < -0.39 is 15.0 Å². The van der Waals surface area contributed by atoms with E-state index >= 15 is 0 Å². The second-order valence-corrected chi connectivity index (χ2v) is 5.64. The van der Waals surface area contributed by atoms with Gasteiger partial charge in [0.15, 0.2) is 0 Å². The molecule has 0 unspecified atom stereocenters. The number of nitro groups is 1. The van der Waals surface area contributed by atoms with Crippen LogP contribution < -0.4 is 11.5 Å². The molecule has 2 rings (SSSR count). The lowest BCUT2D eigenvalue weighted by Gasteiger charge is -2.09. The Morgan fingerprint density at radius 1 is 1.10 bits per heavy atom. The van der Waals surface area contributed by atoms with Crippen LogP contribution in [0.3, 0.4) is 0 Å². The lowest BCUT2D eigenvalue weighted by Crippen LogP contribution is -2.03. The molecular formula is C12H11N3O5S. The van der Waals surface area contributed by atoms with Gasteiger partial charge in [0, 0.05) is 11.6 Å². The molecule has 110 valence electrons. The molecule has 0 amide bonds. The Morgan fingerprint density at radius 2 is 1.76 bits per heavy atom. The van der Waals surface area contributed by atoms with Crippen LogP contribution in [-0.2, 0) is 10.1 Å². The van der Waals surface area contributed by atoms with E-state index in [1.54, 1.807) is 6.07 Å². The third-order valence-electron chi connectivity index (χ3n) is 2.90. The number of hydrogen-bond acceptors (Lipinski definition) is 6. The van der Waals surface area contributed by atoms with Gasteiger partial charge in [-0.1, -0.05) is 12.1 Å². The van der Waals surface area contributed by atoms with Crippen LogP contribution in [0, 0.1) is 10.1 Å². The Bertz CT molecular complexity index is 833. The summed E-state index contributed by atoms with van der Waals surface area (Å²) in [5, 5.41) is 10.8. The molecule has 8 nitrogen and oxygen atoms in total. The van der Waals surface area contributed by atoms with Crippen molar-refractivity contribution in [2.24, 2.45) is 0 Å². The summed E-state index contributed by atoms with van der Waals surface area (Å²) in [6.45, 7) is 0. The second-order valence-electron chi connectivity index (χ2n) is 4.22. The normalized spacial score (nSPS) is 11.3. The smallest absolute Gasteiger partial charge is 0.294 e. The fourth-order valence-electron chi connectivity index (χ4n) is 1.86. The lowest BCUT2D eigenvalue weighted by molar-refractivity contribution is -0.383. The highest BCUT2D eigenvalue weighted by molar-refractivity contribution is 7.85. The minimum absolute atomic E-state index is 0.0308. The van der Waals surface area contributed by atoms with Gasteiger partial charge in [-0.05, 0) is 23.8 Å². The summed E-state index contributed by atoms with van der Waals surface area (Å²) in [5.41, 5.74) is 11.5. The summed E-state index contributed by atoms with van der Waals surface area (Å²) in [5.74, 6) is 0. The van der Waals surface area contributed by atoms with Gasteiger partial charge in [-0.2, -0.15) is 8.42 Å². The van der Waals surface area contributed by atoms with Crippen LogP contribution in [0.2, 0.25) is 0 Å². The molecule has 0 saturated heterocycles. The molecule has 9 heteroatoms. The van der Waals surface area contributed by atoms with Crippen LogP contribution in [0.1, 0.15) is 0 Å². The van der Waals surface area contributed by atoms with Gasteiger partial charge < -0.3 is 11.5 Å². The van der Waals surface area contributed by atoms with Gasteiger partial charge in [-0.3, -0.25) is 14.7 Å². The first-order valence-corrected chi connectivity index (χ1v) is 7.06. The van der Waals surface area contributed by atoms with Crippen molar-refractivity contribution in [1.82, 2.24) is 0 Å². The SMILES string of the molecule is Nc1c(-c2cccc(S(=O)(=O)O)c2)ccc([N+](=O)[O-])c1N. The first-order valence-electron chi connectivity index (χ1n) is 5.62. The van der Waals surface area contributed by atoms with E-state index in [1.807, 2.05) is 0 Å². The first kappa shape index (κ1) is 14.8. The topological polar surface area (TPSA) is 150 Å². The monoisotopic (exact) mass is 309 g/mol. The van der Waals surface area contributed by atoms with Crippen LogP contribution in [-0.4, -0.2) is 17.9 Å². The Kier molecular flexibility index (Phi) is 3.54. The van der Waals surface area contributed by atoms with Crippen LogP contribution in [0.4, 0.5) is 17.1 Å². The van der Waals surface area contributed by atoms with Gasteiger partial charge >= 0.3 is 0 Å². The number of anilines is 2. The molecule has 0 aliphatic rings. The summed E-state index contributed by atoms with van der Waals surface area (Å²) >= 11 is 0. The summed E-state index contributed by atoms with van der Waals surface area (Å²) in [6, 6.07) is 7.92. The Balaban J connectivity index is 2.64. The Morgan fingerprint density at radius 3 is 2.33 bits per heavy atom. The molecule has 0 aromatic heterocycles. The summed E-state index contributed by atoms with van der Waals surface area (Å²) in [7, 11) is -4.36. The maximum absolute atomic E-state index is 11.1. The number of rotatable bonds is 3. The first-order chi connectivity index (χ1) is 9.71. The molecule has 0 aliphatic heterocycles. The largest absolute Gasteiger partial charge is 0.396 e. The Hall–Kier alpha value is -2.65. The average molecular weight is 309 g/mol. The predicted octanol–water partition coefficient (Wildman–Crippen LogP) is 1.67. The molecule has 0 heterocycles. The van der Waals surface area contributed by atoms with E-state index in [9.17, 15) is 18.5 Å². The molecule has 2 aromatic carbocycles. The van der Waals surface area contributed by atoms with Crippen molar-refractivity contribution in [3.63, 3.8) is 0 Å². The van der Waals surface area contributed by atoms with E-state index in [4.69, 9.17) is 16.0 Å². The van der Waals surface area contributed by atoms with E-state index in [2.05, 4.69) is 0 Å². The zero-order chi connectivity index (χ0) is 15.8. The van der Waals surface area contributed by atoms with Crippen LogP contribution in [0.25, 0.3) is 11.1 Å². The van der Waals surface area contributed by atoms with Gasteiger partial charge in [0.1, 0.15) is 5.69 Å². The van der Waals surface area contributed by atoms with Crippen molar-refractivity contribution in [2.75, 3.05) is 11.5 Å². The zero-order valence-corrected chi connectivity index (χ0v) is 11.4. The highest BCUT2D eigenvalue weighted by atomic mass is 32.2.